The summed E-state index contributed by atoms with van der Waals surface area (Å²) >= 11 is 16.8. The second-order valence-corrected chi connectivity index (χ2v) is 5.71. The van der Waals surface area contributed by atoms with Crippen molar-refractivity contribution in [1.82, 2.24) is 5.32 Å². The quantitative estimate of drug-likeness (QED) is 0.810. The maximum absolute atomic E-state index is 11.6. The van der Waals surface area contributed by atoms with E-state index in [2.05, 4.69) is 5.32 Å². The number of amides is 1. The number of hydrogen-bond acceptors (Lipinski definition) is 2. The van der Waals surface area contributed by atoms with Crippen LogP contribution in [0.3, 0.4) is 0 Å². The van der Waals surface area contributed by atoms with Crippen LogP contribution < -0.4 is 5.32 Å². The van der Waals surface area contributed by atoms with E-state index in [9.17, 15) is 4.79 Å². The van der Waals surface area contributed by atoms with Crippen molar-refractivity contribution in [2.24, 2.45) is 0 Å². The Morgan fingerprint density at radius 1 is 1.31 bits per heavy atom. The molecule has 1 amide bonds. The normalized spacial score (nSPS) is 32.5. The summed E-state index contributed by atoms with van der Waals surface area (Å²) in [6.45, 7) is 3.95. The van der Waals surface area contributed by atoms with Gasteiger partial charge in [-0.3, -0.25) is 4.79 Å². The second kappa shape index (κ2) is 6.29. The van der Waals surface area contributed by atoms with Gasteiger partial charge in [0, 0.05) is 0 Å². The molecule has 0 radical (unpaired) electrons. The van der Waals surface area contributed by atoms with Gasteiger partial charge in [0.05, 0.1) is 18.2 Å². The fourth-order valence-electron chi connectivity index (χ4n) is 1.74. The van der Waals surface area contributed by atoms with Gasteiger partial charge >= 0.3 is 0 Å². The molecule has 1 rings (SSSR count). The molecular weight excluding hydrogens is 272 g/mol. The molecule has 0 aromatic heterocycles. The third-order valence-electron chi connectivity index (χ3n) is 2.70. The Morgan fingerprint density at radius 2 is 1.94 bits per heavy atom. The Hall–Kier alpha value is 0.300. The van der Waals surface area contributed by atoms with Crippen molar-refractivity contribution < 1.29 is 9.53 Å². The highest BCUT2D eigenvalue weighted by molar-refractivity contribution is 6.51. The van der Waals surface area contributed by atoms with Gasteiger partial charge < -0.3 is 10.1 Å². The Kier molecular flexibility index (Phi) is 5.65. The van der Waals surface area contributed by atoms with Crippen molar-refractivity contribution in [2.45, 2.75) is 55.2 Å². The number of halogens is 3. The molecule has 0 spiro atoms. The monoisotopic (exact) mass is 287 g/mol. The molecule has 1 saturated heterocycles. The molecule has 1 heterocycles. The highest BCUT2D eigenvalue weighted by Gasteiger charge is 2.30. The molecule has 0 aromatic rings. The van der Waals surface area contributed by atoms with E-state index in [1.165, 1.54) is 0 Å². The van der Waals surface area contributed by atoms with Crippen LogP contribution in [0.15, 0.2) is 0 Å². The van der Waals surface area contributed by atoms with Gasteiger partial charge in [-0.05, 0) is 26.7 Å². The predicted octanol–water partition coefficient (Wildman–Crippen LogP) is 2.47. The smallest absolute Gasteiger partial charge is 0.241 e. The largest absolute Gasteiger partial charge is 0.373 e. The molecule has 1 fully saturated rings. The number of carbonyl (C=O) groups excluding carboxylic acids is 1. The minimum Gasteiger partial charge on any atom is -0.373 e. The Balaban J connectivity index is 2.45. The van der Waals surface area contributed by atoms with Crippen molar-refractivity contribution in [3.8, 4) is 0 Å². The van der Waals surface area contributed by atoms with Crippen LogP contribution >= 0.6 is 34.8 Å². The van der Waals surface area contributed by atoms with Crippen LogP contribution in [-0.2, 0) is 9.53 Å². The zero-order valence-electron chi connectivity index (χ0n) is 9.25. The minimum atomic E-state index is -0.921. The van der Waals surface area contributed by atoms with E-state index in [4.69, 9.17) is 39.5 Å². The average Bonchev–Trinajstić information content (AvgIpc) is 2.20. The van der Waals surface area contributed by atoms with Crippen molar-refractivity contribution >= 4 is 40.7 Å². The van der Waals surface area contributed by atoms with Crippen LogP contribution in [0.1, 0.15) is 26.7 Å². The number of rotatable bonds is 3. The number of hydrogen-bond donors (Lipinski definition) is 1. The molecule has 16 heavy (non-hydrogen) atoms. The average molecular weight is 289 g/mol. The SMILES string of the molecule is C[C@@H]1CCC(NC(=O)C(Cl)C(Cl)Cl)[C@@H](C)O1. The molecule has 1 aliphatic rings. The predicted molar refractivity (Wildman–Crippen MR) is 66.3 cm³/mol. The van der Waals surface area contributed by atoms with Crippen LogP contribution in [0.4, 0.5) is 0 Å². The summed E-state index contributed by atoms with van der Waals surface area (Å²) in [4.78, 5) is 10.7. The molecule has 0 aromatic carbocycles. The van der Waals surface area contributed by atoms with Crippen LogP contribution in [0.2, 0.25) is 0 Å². The van der Waals surface area contributed by atoms with Gasteiger partial charge in [0.25, 0.3) is 0 Å². The maximum atomic E-state index is 11.6. The molecule has 3 nitrogen and oxygen atoms in total. The molecule has 6 heteroatoms. The fourth-order valence-corrected chi connectivity index (χ4v) is 2.04. The molecule has 0 aliphatic carbocycles. The van der Waals surface area contributed by atoms with Crippen molar-refractivity contribution in [2.75, 3.05) is 0 Å². The Morgan fingerprint density at radius 3 is 2.44 bits per heavy atom. The molecular formula is C10H16Cl3NO2. The molecule has 94 valence electrons. The van der Waals surface area contributed by atoms with Gasteiger partial charge in [0.2, 0.25) is 5.91 Å². The lowest BCUT2D eigenvalue weighted by Crippen LogP contribution is -2.50. The summed E-state index contributed by atoms with van der Waals surface area (Å²) in [5.41, 5.74) is 0. The first kappa shape index (κ1) is 14.4. The zero-order chi connectivity index (χ0) is 12.3. The van der Waals surface area contributed by atoms with E-state index in [0.29, 0.717) is 0 Å². The molecule has 0 bridgehead atoms. The van der Waals surface area contributed by atoms with E-state index in [-0.39, 0.29) is 24.2 Å². The van der Waals surface area contributed by atoms with Crippen molar-refractivity contribution in [3.63, 3.8) is 0 Å². The third-order valence-corrected chi connectivity index (χ3v) is 3.91. The number of nitrogens with one attached hydrogen (secondary N) is 1. The summed E-state index contributed by atoms with van der Waals surface area (Å²) in [5, 5.41) is 1.88. The van der Waals surface area contributed by atoms with E-state index in [1.54, 1.807) is 0 Å². The second-order valence-electron chi connectivity index (χ2n) is 4.08. The van der Waals surface area contributed by atoms with Gasteiger partial charge in [-0.2, -0.15) is 0 Å². The lowest BCUT2D eigenvalue weighted by Gasteiger charge is -2.34. The highest BCUT2D eigenvalue weighted by Crippen LogP contribution is 2.20. The first-order valence-electron chi connectivity index (χ1n) is 5.30. The van der Waals surface area contributed by atoms with Gasteiger partial charge in [-0.15, -0.1) is 34.8 Å². The maximum Gasteiger partial charge on any atom is 0.241 e. The Labute approximate surface area is 111 Å². The summed E-state index contributed by atoms with van der Waals surface area (Å²) < 4.78 is 5.62. The van der Waals surface area contributed by atoms with Crippen molar-refractivity contribution in [1.29, 1.82) is 0 Å². The van der Waals surface area contributed by atoms with E-state index < -0.39 is 10.2 Å². The first-order valence-corrected chi connectivity index (χ1v) is 6.60. The molecule has 0 saturated carbocycles. The van der Waals surface area contributed by atoms with Gasteiger partial charge in [-0.1, -0.05) is 0 Å². The summed E-state index contributed by atoms with van der Waals surface area (Å²) in [6, 6.07) is -0.0166. The summed E-state index contributed by atoms with van der Waals surface area (Å²) in [7, 11) is 0. The topological polar surface area (TPSA) is 38.3 Å². The number of alkyl halides is 3. The molecule has 1 N–H and O–H groups in total. The Bertz CT molecular complexity index is 250. The lowest BCUT2D eigenvalue weighted by molar-refractivity contribution is -0.124. The molecule has 1 aliphatic heterocycles. The highest BCUT2D eigenvalue weighted by atomic mass is 35.5. The fraction of sp³-hybridized carbons (Fsp3) is 0.900. The van der Waals surface area contributed by atoms with E-state index >= 15 is 0 Å². The standard InChI is InChI=1S/C10H16Cl3NO2/c1-5-3-4-7(6(2)16-5)14-10(15)8(11)9(12)13/h5-9H,3-4H2,1-2H3,(H,14,15)/t5-,6-,7?,8?/m1/s1. The molecule has 4 atom stereocenters. The summed E-state index contributed by atoms with van der Waals surface area (Å²) in [5.74, 6) is -0.341. The third kappa shape index (κ3) is 3.95. The number of carbonyl (C=O) groups is 1. The number of ether oxygens (including phenoxy) is 1. The van der Waals surface area contributed by atoms with Gasteiger partial charge in [0.15, 0.2) is 0 Å². The van der Waals surface area contributed by atoms with Crippen LogP contribution in [-0.4, -0.2) is 34.4 Å². The van der Waals surface area contributed by atoms with Crippen LogP contribution in [0.5, 0.6) is 0 Å². The van der Waals surface area contributed by atoms with Crippen molar-refractivity contribution in [3.05, 3.63) is 0 Å². The first-order chi connectivity index (χ1) is 7.41. The van der Waals surface area contributed by atoms with Gasteiger partial charge in [0.1, 0.15) is 10.2 Å². The molecule has 2 unspecified atom stereocenters. The van der Waals surface area contributed by atoms with Crippen LogP contribution in [0, 0.1) is 0 Å². The zero-order valence-corrected chi connectivity index (χ0v) is 11.5. The minimum absolute atomic E-state index is 0.0133. The van der Waals surface area contributed by atoms with Crippen LogP contribution in [0.25, 0.3) is 0 Å². The summed E-state index contributed by atoms with van der Waals surface area (Å²) in [6.07, 6.45) is 2.03. The van der Waals surface area contributed by atoms with E-state index in [1.807, 2.05) is 13.8 Å². The van der Waals surface area contributed by atoms with E-state index in [0.717, 1.165) is 12.8 Å². The van der Waals surface area contributed by atoms with Gasteiger partial charge in [-0.25, -0.2) is 0 Å². The lowest BCUT2D eigenvalue weighted by atomic mass is 10.00.